The summed E-state index contributed by atoms with van der Waals surface area (Å²) in [4.78, 5) is 0. The molecule has 0 saturated heterocycles. The highest BCUT2D eigenvalue weighted by molar-refractivity contribution is 9.09. The molecule has 21 heavy (non-hydrogen) atoms. The van der Waals surface area contributed by atoms with E-state index < -0.39 is 0 Å². The van der Waals surface area contributed by atoms with Gasteiger partial charge >= 0.3 is 0 Å². The molecule has 0 unspecified atom stereocenters. The molecule has 0 radical (unpaired) electrons. The average Bonchev–Trinajstić information content (AvgIpc) is 2.48. The van der Waals surface area contributed by atoms with Crippen LogP contribution in [0.4, 0.5) is 0 Å². The molecule has 0 aliphatic carbocycles. The number of halogens is 5. The summed E-state index contributed by atoms with van der Waals surface area (Å²) in [5.41, 5.74) is 2.24. The van der Waals surface area contributed by atoms with Gasteiger partial charge in [0, 0.05) is 21.1 Å². The minimum absolute atomic E-state index is 0.0952. The van der Waals surface area contributed by atoms with Crippen molar-refractivity contribution in [2.24, 2.45) is 0 Å². The van der Waals surface area contributed by atoms with Gasteiger partial charge in [-0.2, -0.15) is 0 Å². The first-order valence-corrected chi connectivity index (χ1v) is 9.70. The molecule has 0 N–H and O–H groups in total. The summed E-state index contributed by atoms with van der Waals surface area (Å²) in [6.45, 7) is 0. The average molecular weight is 471 g/mol. The minimum Gasteiger partial charge on any atom is -0.0918 e. The second kappa shape index (κ2) is 7.70. The smallest absolute Gasteiger partial charge is 0.0595 e. The van der Waals surface area contributed by atoms with Crippen molar-refractivity contribution in [1.82, 2.24) is 0 Å². The highest BCUT2D eigenvalue weighted by atomic mass is 79.9. The van der Waals surface area contributed by atoms with Crippen molar-refractivity contribution >= 4 is 66.7 Å². The Bertz CT molecular complexity index is 625. The fourth-order valence-electron chi connectivity index (χ4n) is 2.25. The van der Waals surface area contributed by atoms with E-state index in [0.717, 1.165) is 27.7 Å². The molecule has 0 bridgehead atoms. The van der Waals surface area contributed by atoms with Crippen molar-refractivity contribution in [3.63, 3.8) is 0 Å². The van der Waals surface area contributed by atoms with Gasteiger partial charge in [-0.3, -0.25) is 0 Å². The zero-order valence-electron chi connectivity index (χ0n) is 11.1. The Balaban J connectivity index is 2.40. The second-order valence-corrected chi connectivity index (χ2v) is 7.36. The molecule has 2 aromatic rings. The molecule has 0 aliphatic heterocycles. The molecule has 112 valence electrons. The third kappa shape index (κ3) is 4.17. The highest BCUT2D eigenvalue weighted by Crippen LogP contribution is 2.35. The lowest BCUT2D eigenvalue weighted by Gasteiger charge is -2.31. The van der Waals surface area contributed by atoms with Crippen LogP contribution < -0.4 is 0 Å². The third-order valence-electron chi connectivity index (χ3n) is 3.48. The van der Waals surface area contributed by atoms with Gasteiger partial charge in [-0.15, -0.1) is 0 Å². The van der Waals surface area contributed by atoms with Crippen LogP contribution >= 0.6 is 66.7 Å². The quantitative estimate of drug-likeness (QED) is 0.416. The summed E-state index contributed by atoms with van der Waals surface area (Å²) >= 11 is 25.6. The van der Waals surface area contributed by atoms with Crippen LogP contribution in [0.2, 0.25) is 15.1 Å². The van der Waals surface area contributed by atoms with E-state index in [1.54, 1.807) is 0 Å². The Kier molecular flexibility index (Phi) is 6.46. The standard InChI is InChI=1S/C16H13Br2Cl3/c17-9-16(10-18,12-2-1-3-13(19)7-12)8-11-4-5-14(20)15(21)6-11/h1-7H,8-10H2. The van der Waals surface area contributed by atoms with Crippen molar-refractivity contribution in [2.45, 2.75) is 11.8 Å². The Morgan fingerprint density at radius 3 is 2.14 bits per heavy atom. The van der Waals surface area contributed by atoms with Crippen molar-refractivity contribution in [2.75, 3.05) is 10.7 Å². The first-order valence-electron chi connectivity index (χ1n) is 6.33. The molecule has 0 heterocycles. The van der Waals surface area contributed by atoms with E-state index in [1.165, 1.54) is 5.56 Å². The molecule has 2 rings (SSSR count). The molecule has 0 nitrogen and oxygen atoms in total. The maximum atomic E-state index is 6.14. The van der Waals surface area contributed by atoms with Gasteiger partial charge in [0.25, 0.3) is 0 Å². The zero-order chi connectivity index (χ0) is 15.5. The summed E-state index contributed by atoms with van der Waals surface area (Å²) in [5.74, 6) is 0. The number of benzene rings is 2. The molecule has 0 fully saturated rings. The molecule has 0 aromatic heterocycles. The van der Waals surface area contributed by atoms with Crippen molar-refractivity contribution < 1.29 is 0 Å². The SMILES string of the molecule is Clc1cccc(C(CBr)(CBr)Cc2ccc(Cl)c(Cl)c2)c1. The summed E-state index contributed by atoms with van der Waals surface area (Å²) in [6, 6.07) is 13.8. The van der Waals surface area contributed by atoms with Crippen LogP contribution in [0.3, 0.4) is 0 Å². The van der Waals surface area contributed by atoms with Crippen molar-refractivity contribution in [1.29, 1.82) is 0 Å². The van der Waals surface area contributed by atoms with E-state index in [4.69, 9.17) is 34.8 Å². The van der Waals surface area contributed by atoms with E-state index in [2.05, 4.69) is 37.9 Å². The number of rotatable bonds is 5. The predicted molar refractivity (Wildman–Crippen MR) is 101 cm³/mol. The molecule has 2 aromatic carbocycles. The molecule has 0 spiro atoms. The lowest BCUT2D eigenvalue weighted by Crippen LogP contribution is -2.33. The zero-order valence-corrected chi connectivity index (χ0v) is 16.5. The van der Waals surface area contributed by atoms with Gasteiger partial charge in [0.15, 0.2) is 0 Å². The maximum Gasteiger partial charge on any atom is 0.0595 e. The lowest BCUT2D eigenvalue weighted by atomic mass is 9.79. The predicted octanol–water partition coefficient (Wildman–Crippen LogP) is 6.92. The summed E-state index contributed by atoms with van der Waals surface area (Å²) in [6.07, 6.45) is 0.834. The Labute approximate surface area is 157 Å². The van der Waals surface area contributed by atoms with E-state index in [9.17, 15) is 0 Å². The van der Waals surface area contributed by atoms with Gasteiger partial charge in [-0.1, -0.05) is 84.9 Å². The van der Waals surface area contributed by atoms with Gasteiger partial charge in [-0.25, -0.2) is 0 Å². The van der Waals surface area contributed by atoms with Crippen molar-refractivity contribution in [3.05, 3.63) is 68.7 Å². The maximum absolute atomic E-state index is 6.14. The van der Waals surface area contributed by atoms with Gasteiger partial charge < -0.3 is 0 Å². The summed E-state index contributed by atoms with van der Waals surface area (Å²) < 4.78 is 0. The molecule has 0 saturated carbocycles. The van der Waals surface area contributed by atoms with E-state index in [1.807, 2.05) is 36.4 Å². The molecular weight excluding hydrogens is 458 g/mol. The first kappa shape index (κ1) is 17.6. The van der Waals surface area contributed by atoms with Crippen molar-refractivity contribution in [3.8, 4) is 0 Å². The number of alkyl halides is 2. The Hall–Kier alpha value is 0.270. The third-order valence-corrected chi connectivity index (χ3v) is 6.60. The summed E-state index contributed by atoms with van der Waals surface area (Å²) in [5, 5.41) is 3.52. The summed E-state index contributed by atoms with van der Waals surface area (Å²) in [7, 11) is 0. The lowest BCUT2D eigenvalue weighted by molar-refractivity contribution is 0.551. The van der Waals surface area contributed by atoms with Crippen LogP contribution in [0, 0.1) is 0 Å². The fraction of sp³-hybridized carbons (Fsp3) is 0.250. The van der Waals surface area contributed by atoms with Gasteiger partial charge in [0.2, 0.25) is 0 Å². The second-order valence-electron chi connectivity index (χ2n) is 4.98. The van der Waals surface area contributed by atoms with Gasteiger partial charge in [0.05, 0.1) is 10.0 Å². The van der Waals surface area contributed by atoms with Crippen LogP contribution in [0.5, 0.6) is 0 Å². The Morgan fingerprint density at radius 2 is 1.57 bits per heavy atom. The van der Waals surface area contributed by atoms with Gasteiger partial charge in [-0.05, 0) is 41.8 Å². The Morgan fingerprint density at radius 1 is 0.857 bits per heavy atom. The molecule has 5 heteroatoms. The topological polar surface area (TPSA) is 0 Å². The monoisotopic (exact) mass is 468 g/mol. The number of hydrogen-bond donors (Lipinski definition) is 0. The van der Waals surface area contributed by atoms with E-state index >= 15 is 0 Å². The van der Waals surface area contributed by atoms with Crippen LogP contribution in [0.15, 0.2) is 42.5 Å². The van der Waals surface area contributed by atoms with E-state index in [0.29, 0.717) is 10.0 Å². The first-order chi connectivity index (χ1) is 10.0. The molecule has 0 aliphatic rings. The van der Waals surface area contributed by atoms with Crippen LogP contribution in [-0.2, 0) is 11.8 Å². The van der Waals surface area contributed by atoms with Crippen LogP contribution in [0.1, 0.15) is 11.1 Å². The normalized spacial score (nSPS) is 11.7. The number of hydrogen-bond acceptors (Lipinski definition) is 0. The van der Waals surface area contributed by atoms with Crippen LogP contribution in [0.25, 0.3) is 0 Å². The molecule has 0 atom stereocenters. The highest BCUT2D eigenvalue weighted by Gasteiger charge is 2.30. The molecule has 0 amide bonds. The largest absolute Gasteiger partial charge is 0.0918 e. The van der Waals surface area contributed by atoms with E-state index in [-0.39, 0.29) is 5.41 Å². The minimum atomic E-state index is -0.0952. The molecular formula is C16H13Br2Cl3. The fourth-order valence-corrected chi connectivity index (χ4v) is 4.73. The van der Waals surface area contributed by atoms with Crippen LogP contribution in [-0.4, -0.2) is 10.7 Å². The van der Waals surface area contributed by atoms with Gasteiger partial charge in [0.1, 0.15) is 0 Å².